The second-order valence-corrected chi connectivity index (χ2v) is 9.34. The minimum Gasteiger partial charge on any atom is -0.473 e. The van der Waals surface area contributed by atoms with Gasteiger partial charge in [0, 0.05) is 72.6 Å². The molecule has 1 saturated heterocycles. The number of aliphatic carboxylic acids is 2. The van der Waals surface area contributed by atoms with Crippen molar-refractivity contribution in [2.24, 2.45) is 0 Å². The first-order valence-electron chi connectivity index (χ1n) is 12.0. The second-order valence-electron chi connectivity index (χ2n) is 8.90. The molecule has 8 heteroatoms. The molecule has 1 aromatic heterocycles. The van der Waals surface area contributed by atoms with Crippen molar-refractivity contribution in [3.8, 4) is 0 Å². The van der Waals surface area contributed by atoms with Crippen LogP contribution < -0.4 is 0 Å². The Hall–Kier alpha value is -3.39. The lowest BCUT2D eigenvalue weighted by Crippen LogP contribution is -2.45. The molecule has 0 aliphatic carbocycles. The number of carboxylic acids is 2. The van der Waals surface area contributed by atoms with Gasteiger partial charge in [-0.3, -0.25) is 9.80 Å². The molecule has 0 spiro atoms. The summed E-state index contributed by atoms with van der Waals surface area (Å²) in [5.74, 6) is -3.65. The normalized spacial score (nSPS) is 14.5. The molecular formula is C28H30ClN3O4. The number of aromatic nitrogens is 1. The average molecular weight is 508 g/mol. The Morgan fingerprint density at radius 3 is 1.86 bits per heavy atom. The van der Waals surface area contributed by atoms with Crippen LogP contribution in [0, 0.1) is 0 Å². The smallest absolute Gasteiger partial charge is 0.414 e. The van der Waals surface area contributed by atoms with Crippen molar-refractivity contribution in [1.82, 2.24) is 14.4 Å². The van der Waals surface area contributed by atoms with Gasteiger partial charge in [0.25, 0.3) is 0 Å². The van der Waals surface area contributed by atoms with Crippen LogP contribution in [0.1, 0.15) is 18.1 Å². The maximum Gasteiger partial charge on any atom is 0.414 e. The number of carboxylic acid groups (broad SMARTS) is 2. The van der Waals surface area contributed by atoms with Gasteiger partial charge in [-0.1, -0.05) is 48.0 Å². The molecule has 7 nitrogen and oxygen atoms in total. The summed E-state index contributed by atoms with van der Waals surface area (Å²) >= 11 is 6.01. The number of nitrogens with zero attached hydrogens (tertiary/aromatic N) is 3. The highest BCUT2D eigenvalue weighted by Gasteiger charge is 2.18. The summed E-state index contributed by atoms with van der Waals surface area (Å²) in [7, 11) is 0. The van der Waals surface area contributed by atoms with Crippen LogP contribution in [0.5, 0.6) is 0 Å². The Labute approximate surface area is 215 Å². The Balaban J connectivity index is 0.000000455. The predicted octanol–water partition coefficient (Wildman–Crippen LogP) is 4.94. The lowest BCUT2D eigenvalue weighted by Gasteiger charge is -2.34. The van der Waals surface area contributed by atoms with E-state index in [0.717, 1.165) is 50.8 Å². The highest BCUT2D eigenvalue weighted by Crippen LogP contribution is 2.30. The Morgan fingerprint density at radius 1 is 0.750 bits per heavy atom. The van der Waals surface area contributed by atoms with Crippen molar-refractivity contribution in [2.75, 3.05) is 26.2 Å². The summed E-state index contributed by atoms with van der Waals surface area (Å²) in [6.07, 6.45) is 0. The van der Waals surface area contributed by atoms with Gasteiger partial charge in [0.1, 0.15) is 0 Å². The number of benzene rings is 3. The summed E-state index contributed by atoms with van der Waals surface area (Å²) in [4.78, 5) is 23.3. The topological polar surface area (TPSA) is 86.0 Å². The van der Waals surface area contributed by atoms with E-state index in [2.05, 4.69) is 75.9 Å². The predicted molar refractivity (Wildman–Crippen MR) is 142 cm³/mol. The van der Waals surface area contributed by atoms with E-state index < -0.39 is 11.9 Å². The van der Waals surface area contributed by atoms with Crippen molar-refractivity contribution in [3.63, 3.8) is 0 Å². The highest BCUT2D eigenvalue weighted by molar-refractivity contribution is 6.30. The van der Waals surface area contributed by atoms with E-state index in [1.54, 1.807) is 0 Å². The second kappa shape index (κ2) is 11.6. The molecule has 188 valence electrons. The third-order valence-corrected chi connectivity index (χ3v) is 6.78. The molecule has 0 unspecified atom stereocenters. The van der Waals surface area contributed by atoms with E-state index in [1.165, 1.54) is 32.9 Å². The molecule has 1 fully saturated rings. The molecular weight excluding hydrogens is 478 g/mol. The molecule has 3 aromatic carbocycles. The van der Waals surface area contributed by atoms with E-state index in [4.69, 9.17) is 31.4 Å². The third-order valence-electron chi connectivity index (χ3n) is 6.53. The fourth-order valence-electron chi connectivity index (χ4n) is 4.75. The monoisotopic (exact) mass is 507 g/mol. The number of hydrogen-bond donors (Lipinski definition) is 2. The van der Waals surface area contributed by atoms with Crippen LogP contribution in [0.3, 0.4) is 0 Å². The summed E-state index contributed by atoms with van der Waals surface area (Å²) in [6, 6.07) is 24.0. The van der Waals surface area contributed by atoms with Gasteiger partial charge in [-0.15, -0.1) is 0 Å². The molecule has 0 radical (unpaired) electrons. The van der Waals surface area contributed by atoms with Crippen LogP contribution in [0.15, 0.2) is 66.7 Å². The number of carbonyl (C=O) groups is 2. The van der Waals surface area contributed by atoms with Crippen LogP contribution in [-0.2, 0) is 29.2 Å². The first kappa shape index (κ1) is 25.7. The minimum absolute atomic E-state index is 0.808. The molecule has 0 bridgehead atoms. The molecule has 2 heterocycles. The van der Waals surface area contributed by atoms with Gasteiger partial charge in [0.2, 0.25) is 0 Å². The number of hydrogen-bond acceptors (Lipinski definition) is 4. The van der Waals surface area contributed by atoms with Gasteiger partial charge < -0.3 is 14.8 Å². The number of aryl methyl sites for hydroxylation is 1. The van der Waals surface area contributed by atoms with Gasteiger partial charge >= 0.3 is 11.9 Å². The zero-order chi connectivity index (χ0) is 25.7. The Morgan fingerprint density at radius 2 is 1.28 bits per heavy atom. The van der Waals surface area contributed by atoms with E-state index in [0.29, 0.717) is 0 Å². The average Bonchev–Trinajstić information content (AvgIpc) is 3.20. The number of halogens is 1. The number of piperazine rings is 1. The van der Waals surface area contributed by atoms with Gasteiger partial charge in [-0.25, -0.2) is 9.59 Å². The van der Waals surface area contributed by atoms with Crippen molar-refractivity contribution in [2.45, 2.75) is 26.6 Å². The highest BCUT2D eigenvalue weighted by atomic mass is 35.5. The van der Waals surface area contributed by atoms with E-state index in [9.17, 15) is 0 Å². The van der Waals surface area contributed by atoms with Crippen molar-refractivity contribution in [3.05, 3.63) is 82.9 Å². The molecule has 2 N–H and O–H groups in total. The van der Waals surface area contributed by atoms with Crippen molar-refractivity contribution in [1.29, 1.82) is 0 Å². The van der Waals surface area contributed by atoms with Gasteiger partial charge in [0.15, 0.2) is 0 Å². The fourth-order valence-corrected chi connectivity index (χ4v) is 4.88. The van der Waals surface area contributed by atoms with E-state index in [-0.39, 0.29) is 0 Å². The summed E-state index contributed by atoms with van der Waals surface area (Å²) in [5.41, 5.74) is 5.43. The first-order valence-corrected chi connectivity index (χ1v) is 12.4. The standard InChI is InChI=1S/C26H28ClN3.C2H2O4/c1-2-30-25-6-4-3-5-23(25)24-17-21(9-12-26(24)30)19-29-15-13-28(14-16-29)18-20-7-10-22(27)11-8-20;3-1(4)2(5)6/h3-12,17H,2,13-16,18-19H2,1H3;(H,3,4)(H,5,6). The molecule has 0 amide bonds. The summed E-state index contributed by atoms with van der Waals surface area (Å²) in [5, 5.41) is 18.3. The maximum atomic E-state index is 9.10. The van der Waals surface area contributed by atoms with Crippen LogP contribution in [-0.4, -0.2) is 62.7 Å². The zero-order valence-electron chi connectivity index (χ0n) is 20.2. The summed E-state index contributed by atoms with van der Waals surface area (Å²) in [6.45, 7) is 9.71. The van der Waals surface area contributed by atoms with Crippen molar-refractivity contribution >= 4 is 45.3 Å². The van der Waals surface area contributed by atoms with Crippen LogP contribution >= 0.6 is 11.6 Å². The zero-order valence-corrected chi connectivity index (χ0v) is 21.0. The number of fused-ring (bicyclic) bond motifs is 3. The number of para-hydroxylation sites is 1. The van der Waals surface area contributed by atoms with Crippen LogP contribution in [0.2, 0.25) is 5.02 Å². The molecule has 36 heavy (non-hydrogen) atoms. The Bertz CT molecular complexity index is 1350. The largest absolute Gasteiger partial charge is 0.473 e. The third kappa shape index (κ3) is 6.05. The van der Waals surface area contributed by atoms with E-state index in [1.807, 2.05) is 12.1 Å². The van der Waals surface area contributed by atoms with Gasteiger partial charge in [-0.2, -0.15) is 0 Å². The lowest BCUT2D eigenvalue weighted by molar-refractivity contribution is -0.159. The molecule has 5 rings (SSSR count). The van der Waals surface area contributed by atoms with Crippen molar-refractivity contribution < 1.29 is 19.8 Å². The van der Waals surface area contributed by atoms with Gasteiger partial charge in [0.05, 0.1) is 0 Å². The molecule has 0 saturated carbocycles. The van der Waals surface area contributed by atoms with Crippen LogP contribution in [0.25, 0.3) is 21.8 Å². The SMILES string of the molecule is CCn1c2ccccc2c2cc(CN3CCN(Cc4ccc(Cl)cc4)CC3)ccc21.O=C(O)C(=O)O. The summed E-state index contributed by atoms with van der Waals surface area (Å²) < 4.78 is 2.42. The molecule has 0 atom stereocenters. The minimum atomic E-state index is -1.82. The fraction of sp³-hybridized carbons (Fsp3) is 0.286. The molecule has 1 aliphatic heterocycles. The van der Waals surface area contributed by atoms with Crippen LogP contribution in [0.4, 0.5) is 0 Å². The Kier molecular flexibility index (Phi) is 8.25. The van der Waals surface area contributed by atoms with Gasteiger partial charge in [-0.05, 0) is 48.4 Å². The van der Waals surface area contributed by atoms with E-state index >= 15 is 0 Å². The quantitative estimate of drug-likeness (QED) is 0.372. The molecule has 4 aromatic rings. The molecule has 1 aliphatic rings. The lowest BCUT2D eigenvalue weighted by atomic mass is 10.1. The first-order chi connectivity index (χ1) is 17.4. The maximum absolute atomic E-state index is 9.10. The number of rotatable bonds is 5.